The summed E-state index contributed by atoms with van der Waals surface area (Å²) in [5.41, 5.74) is 1.49. The van der Waals surface area contributed by atoms with Crippen molar-refractivity contribution in [3.8, 4) is 0 Å². The summed E-state index contributed by atoms with van der Waals surface area (Å²) in [6, 6.07) is 2.04. The van der Waals surface area contributed by atoms with Crippen LogP contribution in [0.5, 0.6) is 0 Å². The summed E-state index contributed by atoms with van der Waals surface area (Å²) in [4.78, 5) is 6.84. The Kier molecular flexibility index (Phi) is 5.40. The summed E-state index contributed by atoms with van der Waals surface area (Å²) in [5.74, 6) is 0. The lowest BCUT2D eigenvalue weighted by molar-refractivity contribution is 0.136. The van der Waals surface area contributed by atoms with Gasteiger partial charge in [0.05, 0.1) is 5.69 Å². The summed E-state index contributed by atoms with van der Waals surface area (Å²) >= 11 is 6.98. The first kappa shape index (κ1) is 15.4. The molecule has 0 bridgehead atoms. The number of hydrogen-bond donors (Lipinski definition) is 1. The zero-order valence-electron chi connectivity index (χ0n) is 11.5. The van der Waals surface area contributed by atoms with Gasteiger partial charge in [0.1, 0.15) is 0 Å². The van der Waals surface area contributed by atoms with Crippen molar-refractivity contribution in [1.29, 1.82) is 0 Å². The average Bonchev–Trinajstić information content (AvgIpc) is 2.36. The smallest absolute Gasteiger partial charge is 0.0684 e. The largest absolute Gasteiger partial charge is 0.311 e. The van der Waals surface area contributed by atoms with E-state index in [2.05, 4.69) is 61.0 Å². The summed E-state index contributed by atoms with van der Waals surface area (Å²) in [6.07, 6.45) is 4.38. The van der Waals surface area contributed by atoms with Crippen LogP contribution >= 0.6 is 31.9 Å². The normalized spacial score (nSPS) is 19.6. The van der Waals surface area contributed by atoms with Gasteiger partial charge in [-0.05, 0) is 76.3 Å². The molecule has 0 radical (unpaired) electrons. The van der Waals surface area contributed by atoms with Gasteiger partial charge in [0, 0.05) is 28.2 Å². The van der Waals surface area contributed by atoms with Crippen molar-refractivity contribution >= 4 is 31.9 Å². The minimum absolute atomic E-state index is 0.425. The molecule has 0 unspecified atom stereocenters. The number of aromatic nitrogens is 1. The number of pyridine rings is 1. The monoisotopic (exact) mass is 389 g/mol. The number of hydrogen-bond acceptors (Lipinski definition) is 3. The van der Waals surface area contributed by atoms with Crippen molar-refractivity contribution < 1.29 is 0 Å². The molecule has 3 nitrogen and oxygen atoms in total. The van der Waals surface area contributed by atoms with Gasteiger partial charge in [-0.2, -0.15) is 0 Å². The predicted octanol–water partition coefficient (Wildman–Crippen LogP) is 3.43. The number of nitrogens with zero attached hydrogens (tertiary/aromatic N) is 2. The lowest BCUT2D eigenvalue weighted by Crippen LogP contribution is -2.41. The van der Waals surface area contributed by atoms with E-state index in [1.54, 1.807) is 0 Å². The first-order valence-electron chi connectivity index (χ1n) is 6.68. The van der Waals surface area contributed by atoms with E-state index in [-0.39, 0.29) is 0 Å². The van der Waals surface area contributed by atoms with Gasteiger partial charge in [-0.15, -0.1) is 0 Å². The molecule has 1 N–H and O–H groups in total. The Balaban J connectivity index is 1.83. The van der Waals surface area contributed by atoms with Crippen molar-refractivity contribution in [3.05, 3.63) is 26.9 Å². The van der Waals surface area contributed by atoms with Crippen LogP contribution in [-0.4, -0.2) is 36.6 Å². The maximum Gasteiger partial charge on any atom is 0.0684 e. The summed E-state index contributed by atoms with van der Waals surface area (Å²) in [6.45, 7) is 6.68. The molecule has 0 aromatic carbocycles. The van der Waals surface area contributed by atoms with Gasteiger partial charge in [-0.1, -0.05) is 6.92 Å². The number of nitrogens with one attached hydrogen (secondary N) is 1. The van der Waals surface area contributed by atoms with Gasteiger partial charge in [0.2, 0.25) is 0 Å². The quantitative estimate of drug-likeness (QED) is 0.853. The van der Waals surface area contributed by atoms with E-state index in [1.807, 2.05) is 12.3 Å². The molecule has 0 atom stereocenters. The van der Waals surface area contributed by atoms with E-state index in [4.69, 9.17) is 0 Å². The third-order valence-electron chi connectivity index (χ3n) is 3.92. The van der Waals surface area contributed by atoms with E-state index in [0.717, 1.165) is 27.7 Å². The van der Waals surface area contributed by atoms with E-state index in [0.29, 0.717) is 5.41 Å². The van der Waals surface area contributed by atoms with Gasteiger partial charge < -0.3 is 10.2 Å². The molecule has 1 aromatic heterocycles. The Hall–Kier alpha value is 0.0300. The van der Waals surface area contributed by atoms with Gasteiger partial charge in [0.25, 0.3) is 0 Å². The highest BCUT2D eigenvalue weighted by Crippen LogP contribution is 2.29. The molecule has 1 aromatic rings. The summed E-state index contributed by atoms with van der Waals surface area (Å²) < 4.78 is 2.06. The minimum atomic E-state index is 0.425. The maximum atomic E-state index is 4.43. The van der Waals surface area contributed by atoms with Crippen LogP contribution in [0.15, 0.2) is 21.2 Å². The van der Waals surface area contributed by atoms with Crippen molar-refractivity contribution in [3.63, 3.8) is 0 Å². The van der Waals surface area contributed by atoms with E-state index in [9.17, 15) is 0 Å². The molecule has 1 saturated heterocycles. The van der Waals surface area contributed by atoms with Gasteiger partial charge >= 0.3 is 0 Å². The molecule has 2 heterocycles. The highest BCUT2D eigenvalue weighted by Gasteiger charge is 2.28. The fraction of sp³-hybridized carbons (Fsp3) is 0.643. The Morgan fingerprint density at radius 1 is 1.37 bits per heavy atom. The van der Waals surface area contributed by atoms with Crippen LogP contribution in [0, 0.1) is 5.41 Å². The Bertz CT molecular complexity index is 429. The van der Waals surface area contributed by atoms with Crippen molar-refractivity contribution in [1.82, 2.24) is 15.2 Å². The van der Waals surface area contributed by atoms with Gasteiger partial charge in [0.15, 0.2) is 0 Å². The van der Waals surface area contributed by atoms with Crippen molar-refractivity contribution in [2.45, 2.75) is 26.3 Å². The fourth-order valence-electron chi connectivity index (χ4n) is 2.39. The topological polar surface area (TPSA) is 28.2 Å². The number of rotatable bonds is 4. The molecule has 2 rings (SSSR count). The van der Waals surface area contributed by atoms with Crippen LogP contribution in [0.25, 0.3) is 0 Å². The first-order chi connectivity index (χ1) is 8.98. The van der Waals surface area contributed by atoms with E-state index < -0.39 is 0 Å². The molecule has 0 spiro atoms. The molecule has 19 heavy (non-hydrogen) atoms. The number of piperidine rings is 1. The molecule has 106 valence electrons. The summed E-state index contributed by atoms with van der Waals surface area (Å²) in [7, 11) is 2.20. The Labute approximate surface area is 132 Å². The molecule has 0 aliphatic carbocycles. The Morgan fingerprint density at radius 2 is 2.05 bits per heavy atom. The molecular formula is C14H21Br2N3. The van der Waals surface area contributed by atoms with E-state index >= 15 is 0 Å². The van der Waals surface area contributed by atoms with Crippen LogP contribution in [-0.2, 0) is 6.54 Å². The van der Waals surface area contributed by atoms with Crippen LogP contribution in [0.2, 0.25) is 0 Å². The minimum Gasteiger partial charge on any atom is -0.311 e. The molecule has 1 fully saturated rings. The third-order valence-corrected chi connectivity index (χ3v) is 5.04. The van der Waals surface area contributed by atoms with E-state index in [1.165, 1.54) is 25.9 Å². The standard InChI is InChI=1S/C14H21Br2N3/c1-14(3-5-19(2)6-4-14)10-17-9-13-12(16)7-11(15)8-18-13/h7-8,17H,3-6,9-10H2,1-2H3. The first-order valence-corrected chi connectivity index (χ1v) is 8.26. The molecule has 0 amide bonds. The lowest BCUT2D eigenvalue weighted by Gasteiger charge is -2.38. The Morgan fingerprint density at radius 3 is 2.68 bits per heavy atom. The van der Waals surface area contributed by atoms with Crippen LogP contribution in [0.3, 0.4) is 0 Å². The zero-order chi connectivity index (χ0) is 13.9. The second-order valence-electron chi connectivity index (χ2n) is 5.80. The fourth-order valence-corrected chi connectivity index (χ4v) is 3.52. The van der Waals surface area contributed by atoms with Crippen LogP contribution < -0.4 is 5.32 Å². The molecule has 1 aliphatic rings. The highest BCUT2D eigenvalue weighted by molar-refractivity contribution is 9.11. The zero-order valence-corrected chi connectivity index (χ0v) is 14.7. The second kappa shape index (κ2) is 6.66. The lowest BCUT2D eigenvalue weighted by atomic mass is 9.80. The molecule has 1 aliphatic heterocycles. The average molecular weight is 391 g/mol. The SMILES string of the molecule is CN1CCC(C)(CNCc2ncc(Br)cc2Br)CC1. The number of likely N-dealkylation sites (tertiary alicyclic amines) is 1. The number of halogens is 2. The highest BCUT2D eigenvalue weighted by atomic mass is 79.9. The van der Waals surface area contributed by atoms with Gasteiger partial charge in [-0.3, -0.25) is 4.98 Å². The third kappa shape index (κ3) is 4.52. The predicted molar refractivity (Wildman–Crippen MR) is 86.2 cm³/mol. The van der Waals surface area contributed by atoms with Crippen molar-refractivity contribution in [2.75, 3.05) is 26.7 Å². The van der Waals surface area contributed by atoms with Crippen molar-refractivity contribution in [2.24, 2.45) is 5.41 Å². The molecule has 5 heteroatoms. The van der Waals surface area contributed by atoms with Gasteiger partial charge in [-0.25, -0.2) is 0 Å². The molecule has 0 saturated carbocycles. The summed E-state index contributed by atoms with van der Waals surface area (Å²) in [5, 5.41) is 3.56. The molecular weight excluding hydrogens is 370 g/mol. The maximum absolute atomic E-state index is 4.43. The van der Waals surface area contributed by atoms with Crippen LogP contribution in [0.4, 0.5) is 0 Å². The van der Waals surface area contributed by atoms with Crippen LogP contribution in [0.1, 0.15) is 25.5 Å². The second-order valence-corrected chi connectivity index (χ2v) is 7.57.